The number of methoxy groups -OCH3 is 1. The number of hydrogen-bond donors (Lipinski definition) is 1. The van der Waals surface area contributed by atoms with Crippen LogP contribution in [0.15, 0.2) is 35.7 Å². The standard InChI is InChI=1S/C26H38N2O4S/c1-4-7-21(29)17-27(12-6-14-31-3)18-26(30)28-13-10-25-23(11-15-33-25)24(28)19-32-22-9-5-8-20(2)16-22/h5,8-9,11,15-16,21,24,29H,4,6-7,10,12-14,17-19H2,1-3H3/t21-,24+/m1/s1. The van der Waals surface area contributed by atoms with E-state index in [-0.39, 0.29) is 11.9 Å². The van der Waals surface area contributed by atoms with Crippen molar-refractivity contribution in [1.82, 2.24) is 9.80 Å². The second kappa shape index (κ2) is 13.1. The third kappa shape index (κ3) is 7.54. The minimum absolute atomic E-state index is 0.0887. The maximum absolute atomic E-state index is 13.5. The van der Waals surface area contributed by atoms with Gasteiger partial charge in [-0.3, -0.25) is 9.69 Å². The maximum Gasteiger partial charge on any atom is 0.237 e. The molecule has 0 aliphatic carbocycles. The van der Waals surface area contributed by atoms with Crippen molar-refractivity contribution in [3.63, 3.8) is 0 Å². The largest absolute Gasteiger partial charge is 0.491 e. The van der Waals surface area contributed by atoms with Crippen molar-refractivity contribution in [2.75, 3.05) is 46.5 Å². The fourth-order valence-electron chi connectivity index (χ4n) is 4.43. The van der Waals surface area contributed by atoms with E-state index >= 15 is 0 Å². The molecule has 2 atom stereocenters. The average molecular weight is 475 g/mol. The Morgan fingerprint density at radius 3 is 2.97 bits per heavy atom. The van der Waals surface area contributed by atoms with Crippen LogP contribution in [0, 0.1) is 6.92 Å². The Bertz CT molecular complexity index is 871. The van der Waals surface area contributed by atoms with Gasteiger partial charge in [0.15, 0.2) is 0 Å². The number of aliphatic hydroxyl groups excluding tert-OH is 1. The Morgan fingerprint density at radius 1 is 1.36 bits per heavy atom. The smallest absolute Gasteiger partial charge is 0.237 e. The van der Waals surface area contributed by atoms with Crippen LogP contribution in [0.5, 0.6) is 5.75 Å². The predicted octanol–water partition coefficient (Wildman–Crippen LogP) is 4.06. The van der Waals surface area contributed by atoms with Gasteiger partial charge in [0.2, 0.25) is 5.91 Å². The van der Waals surface area contributed by atoms with Gasteiger partial charge < -0.3 is 19.5 Å². The fraction of sp³-hybridized carbons (Fsp3) is 0.577. The highest BCUT2D eigenvalue weighted by atomic mass is 32.1. The first-order valence-electron chi connectivity index (χ1n) is 12.0. The molecule has 0 bridgehead atoms. The van der Waals surface area contributed by atoms with Gasteiger partial charge in [-0.15, -0.1) is 11.3 Å². The molecule has 182 valence electrons. The van der Waals surface area contributed by atoms with Crippen molar-refractivity contribution in [2.24, 2.45) is 0 Å². The van der Waals surface area contributed by atoms with Crippen LogP contribution in [0.3, 0.4) is 0 Å². The third-order valence-corrected chi connectivity index (χ3v) is 7.08. The quantitative estimate of drug-likeness (QED) is 0.444. The number of carbonyl (C=O) groups is 1. The first-order valence-corrected chi connectivity index (χ1v) is 12.8. The highest BCUT2D eigenvalue weighted by Crippen LogP contribution is 2.34. The molecule has 1 aliphatic rings. The Labute approximate surface area is 202 Å². The number of thiophene rings is 1. The molecule has 2 heterocycles. The molecular weight excluding hydrogens is 436 g/mol. The predicted molar refractivity (Wildman–Crippen MR) is 133 cm³/mol. The van der Waals surface area contributed by atoms with Crippen LogP contribution in [0.1, 0.15) is 48.2 Å². The molecule has 2 aromatic rings. The number of ether oxygens (including phenoxy) is 2. The summed E-state index contributed by atoms with van der Waals surface area (Å²) in [4.78, 5) is 18.9. The van der Waals surface area contributed by atoms with E-state index in [0.717, 1.165) is 43.5 Å². The number of amides is 1. The first-order chi connectivity index (χ1) is 16.0. The molecule has 6 nitrogen and oxygen atoms in total. The highest BCUT2D eigenvalue weighted by Gasteiger charge is 2.33. The van der Waals surface area contributed by atoms with Gasteiger partial charge in [0, 0.05) is 38.2 Å². The van der Waals surface area contributed by atoms with Crippen LogP contribution in [0.2, 0.25) is 0 Å². The Kier molecular flexibility index (Phi) is 10.2. The summed E-state index contributed by atoms with van der Waals surface area (Å²) in [6, 6.07) is 10.1. The second-order valence-corrected chi connectivity index (χ2v) is 9.80. The van der Waals surface area contributed by atoms with Gasteiger partial charge in [0.25, 0.3) is 0 Å². The van der Waals surface area contributed by atoms with Crippen LogP contribution >= 0.6 is 11.3 Å². The topological polar surface area (TPSA) is 62.2 Å². The van der Waals surface area contributed by atoms with Crippen molar-refractivity contribution < 1.29 is 19.4 Å². The van der Waals surface area contributed by atoms with E-state index in [1.54, 1.807) is 18.4 Å². The van der Waals surface area contributed by atoms with Crippen LogP contribution in [-0.2, 0) is 16.0 Å². The summed E-state index contributed by atoms with van der Waals surface area (Å²) >= 11 is 1.76. The molecule has 0 fully saturated rings. The molecule has 1 N–H and O–H groups in total. The Morgan fingerprint density at radius 2 is 2.21 bits per heavy atom. The number of fused-ring (bicyclic) bond motifs is 1. The Balaban J connectivity index is 1.70. The molecule has 0 radical (unpaired) electrons. The highest BCUT2D eigenvalue weighted by molar-refractivity contribution is 7.10. The maximum atomic E-state index is 13.5. The number of carbonyl (C=O) groups excluding carboxylic acids is 1. The van der Waals surface area contributed by atoms with Crippen LogP contribution in [-0.4, -0.2) is 73.4 Å². The molecule has 1 aromatic carbocycles. The van der Waals surface area contributed by atoms with Gasteiger partial charge >= 0.3 is 0 Å². The summed E-state index contributed by atoms with van der Waals surface area (Å²) in [6.45, 7) is 7.40. The van der Waals surface area contributed by atoms with E-state index in [1.165, 1.54) is 10.4 Å². The van der Waals surface area contributed by atoms with Crippen molar-refractivity contribution >= 4 is 17.2 Å². The lowest BCUT2D eigenvalue weighted by molar-refractivity contribution is -0.136. The van der Waals surface area contributed by atoms with E-state index < -0.39 is 6.10 Å². The molecule has 0 saturated heterocycles. The first kappa shape index (κ1) is 25.7. The molecule has 0 unspecified atom stereocenters. The molecule has 3 rings (SSSR count). The molecule has 7 heteroatoms. The summed E-state index contributed by atoms with van der Waals surface area (Å²) < 4.78 is 11.4. The number of hydrogen-bond acceptors (Lipinski definition) is 6. The lowest BCUT2D eigenvalue weighted by Gasteiger charge is -2.37. The molecular formula is C26H38N2O4S. The fourth-order valence-corrected chi connectivity index (χ4v) is 5.36. The normalized spacial score (nSPS) is 16.6. The van der Waals surface area contributed by atoms with Crippen molar-refractivity contribution in [2.45, 2.75) is 51.7 Å². The van der Waals surface area contributed by atoms with Crippen molar-refractivity contribution in [3.8, 4) is 5.75 Å². The third-order valence-electron chi connectivity index (χ3n) is 6.09. The molecule has 0 spiro atoms. The van der Waals surface area contributed by atoms with Gasteiger partial charge in [0.05, 0.1) is 18.7 Å². The van der Waals surface area contributed by atoms with E-state index in [2.05, 4.69) is 23.3 Å². The molecule has 1 aliphatic heterocycles. The zero-order valence-electron chi connectivity index (χ0n) is 20.2. The monoisotopic (exact) mass is 474 g/mol. The van der Waals surface area contributed by atoms with Gasteiger partial charge in [-0.2, -0.15) is 0 Å². The number of rotatable bonds is 13. The summed E-state index contributed by atoms with van der Waals surface area (Å²) in [5.74, 6) is 0.916. The molecule has 1 amide bonds. The van der Waals surface area contributed by atoms with Gasteiger partial charge in [-0.1, -0.05) is 25.5 Å². The van der Waals surface area contributed by atoms with Crippen molar-refractivity contribution in [3.05, 3.63) is 51.7 Å². The Hall–Kier alpha value is -1.93. The number of nitrogens with zero attached hydrogens (tertiary/aromatic N) is 2. The lowest BCUT2D eigenvalue weighted by Crippen LogP contribution is -2.48. The summed E-state index contributed by atoms with van der Waals surface area (Å²) in [5, 5.41) is 12.5. The number of aliphatic hydroxyl groups is 1. The minimum atomic E-state index is -0.421. The van der Waals surface area contributed by atoms with Gasteiger partial charge in [-0.25, -0.2) is 0 Å². The van der Waals surface area contributed by atoms with Crippen LogP contribution in [0.4, 0.5) is 0 Å². The molecule has 0 saturated carbocycles. The van der Waals surface area contributed by atoms with Crippen LogP contribution in [0.25, 0.3) is 0 Å². The van der Waals surface area contributed by atoms with Crippen molar-refractivity contribution in [1.29, 1.82) is 0 Å². The van der Waals surface area contributed by atoms with E-state index in [9.17, 15) is 9.90 Å². The summed E-state index contributed by atoms with van der Waals surface area (Å²) in [6.07, 6.45) is 2.95. The number of aryl methyl sites for hydroxylation is 1. The lowest BCUT2D eigenvalue weighted by atomic mass is 10.0. The van der Waals surface area contributed by atoms with Gasteiger partial charge in [-0.05, 0) is 60.9 Å². The van der Waals surface area contributed by atoms with E-state index in [1.807, 2.05) is 36.1 Å². The van der Waals surface area contributed by atoms with E-state index in [0.29, 0.717) is 32.8 Å². The zero-order valence-corrected chi connectivity index (χ0v) is 21.0. The average Bonchev–Trinajstić information content (AvgIpc) is 3.27. The molecule has 1 aromatic heterocycles. The minimum Gasteiger partial charge on any atom is -0.491 e. The number of benzene rings is 1. The zero-order chi connectivity index (χ0) is 23.6. The van der Waals surface area contributed by atoms with Crippen LogP contribution < -0.4 is 4.74 Å². The van der Waals surface area contributed by atoms with Gasteiger partial charge in [0.1, 0.15) is 12.4 Å². The molecule has 33 heavy (non-hydrogen) atoms. The second-order valence-electron chi connectivity index (χ2n) is 8.80. The summed E-state index contributed by atoms with van der Waals surface area (Å²) in [5.41, 5.74) is 2.35. The summed E-state index contributed by atoms with van der Waals surface area (Å²) in [7, 11) is 1.69. The van der Waals surface area contributed by atoms with E-state index in [4.69, 9.17) is 9.47 Å². The SMILES string of the molecule is CCC[C@@H](O)CN(CCCOC)CC(=O)N1CCc2sccc2[C@@H]1COc1cccc(C)c1.